The molecule has 0 unspecified atom stereocenters. The van der Waals surface area contributed by atoms with E-state index >= 15 is 0 Å². The van der Waals surface area contributed by atoms with Crippen molar-refractivity contribution in [2.75, 3.05) is 11.9 Å². The number of nitrogens with one attached hydrogen (secondary N) is 1. The summed E-state index contributed by atoms with van der Waals surface area (Å²) in [5.41, 5.74) is 1.48. The van der Waals surface area contributed by atoms with Crippen molar-refractivity contribution in [1.82, 2.24) is 0 Å². The molecule has 0 bridgehead atoms. The zero-order chi connectivity index (χ0) is 16.1. The van der Waals surface area contributed by atoms with E-state index < -0.39 is 18.5 Å². The molecule has 0 saturated carbocycles. The maximum atomic E-state index is 11.8. The summed E-state index contributed by atoms with van der Waals surface area (Å²) in [6, 6.07) is 11.8. The minimum Gasteiger partial charge on any atom is -0.507 e. The second kappa shape index (κ2) is 7.26. The number of hydrogen-bond acceptors (Lipinski definition) is 4. The van der Waals surface area contributed by atoms with Crippen LogP contribution in [0.2, 0.25) is 0 Å². The van der Waals surface area contributed by atoms with Crippen molar-refractivity contribution >= 4 is 40.2 Å². The minimum atomic E-state index is -0.740. The first-order valence-electron chi connectivity index (χ1n) is 6.48. The van der Waals surface area contributed by atoms with Gasteiger partial charge in [-0.05, 0) is 71.5 Å². The monoisotopic (exact) mass is 411 g/mol. The number of benzene rings is 2. The first-order chi connectivity index (χ1) is 10.5. The summed E-state index contributed by atoms with van der Waals surface area (Å²) in [4.78, 5) is 23.5. The van der Waals surface area contributed by atoms with Gasteiger partial charge >= 0.3 is 5.97 Å². The molecule has 0 aliphatic rings. The smallest absolute Gasteiger partial charge is 0.342 e. The van der Waals surface area contributed by atoms with Crippen molar-refractivity contribution in [3.63, 3.8) is 0 Å². The Bertz CT molecular complexity index is 698. The summed E-state index contributed by atoms with van der Waals surface area (Å²) in [7, 11) is 0. The third-order valence-electron chi connectivity index (χ3n) is 2.84. The topological polar surface area (TPSA) is 75.6 Å². The number of anilines is 1. The lowest BCUT2D eigenvalue weighted by Gasteiger charge is -2.08. The number of aromatic hydroxyl groups is 1. The molecule has 5 nitrogen and oxygen atoms in total. The van der Waals surface area contributed by atoms with Crippen molar-refractivity contribution in [2.24, 2.45) is 0 Å². The standard InChI is InChI=1S/C16H14INO4/c1-10-2-7-13(14(19)8-10)16(21)22-9-15(20)18-12-5-3-11(17)4-6-12/h2-8,19H,9H2,1H3,(H,18,20). The number of carbonyl (C=O) groups excluding carboxylic acids is 2. The minimum absolute atomic E-state index is 0.0349. The van der Waals surface area contributed by atoms with Crippen LogP contribution in [0.15, 0.2) is 42.5 Å². The third-order valence-corrected chi connectivity index (χ3v) is 3.55. The SMILES string of the molecule is Cc1ccc(C(=O)OCC(=O)Nc2ccc(I)cc2)c(O)c1. The number of hydrogen-bond donors (Lipinski definition) is 2. The molecule has 0 atom stereocenters. The lowest BCUT2D eigenvalue weighted by Crippen LogP contribution is -2.21. The molecule has 0 heterocycles. The van der Waals surface area contributed by atoms with Crippen LogP contribution in [-0.2, 0) is 9.53 Å². The quantitative estimate of drug-likeness (QED) is 0.599. The number of carbonyl (C=O) groups is 2. The largest absolute Gasteiger partial charge is 0.507 e. The zero-order valence-electron chi connectivity index (χ0n) is 11.8. The Labute approximate surface area is 141 Å². The summed E-state index contributed by atoms with van der Waals surface area (Å²) in [5, 5.41) is 12.3. The maximum Gasteiger partial charge on any atom is 0.342 e. The molecule has 22 heavy (non-hydrogen) atoms. The number of ether oxygens (including phenoxy) is 1. The normalized spacial score (nSPS) is 10.1. The van der Waals surface area contributed by atoms with Gasteiger partial charge in [0, 0.05) is 9.26 Å². The predicted octanol–water partition coefficient (Wildman–Crippen LogP) is 3.10. The van der Waals surface area contributed by atoms with Gasteiger partial charge < -0.3 is 15.2 Å². The molecule has 0 saturated heterocycles. The van der Waals surface area contributed by atoms with Gasteiger partial charge in [0.1, 0.15) is 11.3 Å². The fourth-order valence-electron chi connectivity index (χ4n) is 1.75. The highest BCUT2D eigenvalue weighted by Gasteiger charge is 2.14. The molecule has 0 fully saturated rings. The van der Waals surface area contributed by atoms with E-state index in [2.05, 4.69) is 27.9 Å². The second-order valence-electron chi connectivity index (χ2n) is 4.65. The summed E-state index contributed by atoms with van der Waals surface area (Å²) in [6.07, 6.45) is 0. The summed E-state index contributed by atoms with van der Waals surface area (Å²) in [6.45, 7) is 1.38. The molecule has 0 aliphatic carbocycles. The van der Waals surface area contributed by atoms with Gasteiger partial charge in [-0.25, -0.2) is 4.79 Å². The highest BCUT2D eigenvalue weighted by molar-refractivity contribution is 14.1. The molecule has 0 aliphatic heterocycles. The van der Waals surface area contributed by atoms with Gasteiger partial charge in [-0.15, -0.1) is 0 Å². The molecule has 2 N–H and O–H groups in total. The van der Waals surface area contributed by atoms with Crippen LogP contribution in [0, 0.1) is 10.5 Å². The predicted molar refractivity (Wildman–Crippen MR) is 90.9 cm³/mol. The van der Waals surface area contributed by atoms with Crippen LogP contribution in [0.3, 0.4) is 0 Å². The number of aryl methyl sites for hydroxylation is 1. The number of esters is 1. The zero-order valence-corrected chi connectivity index (χ0v) is 14.0. The molecular formula is C16H14INO4. The number of rotatable bonds is 4. The van der Waals surface area contributed by atoms with Crippen molar-refractivity contribution < 1.29 is 19.4 Å². The second-order valence-corrected chi connectivity index (χ2v) is 5.90. The van der Waals surface area contributed by atoms with Crippen molar-refractivity contribution in [3.05, 3.63) is 57.2 Å². The van der Waals surface area contributed by atoms with Gasteiger partial charge in [-0.3, -0.25) is 4.79 Å². The molecule has 2 aromatic carbocycles. The maximum absolute atomic E-state index is 11.8. The Kier molecular flexibility index (Phi) is 5.37. The molecule has 0 radical (unpaired) electrons. The average molecular weight is 411 g/mol. The Hall–Kier alpha value is -2.09. The Morgan fingerprint density at radius 2 is 1.86 bits per heavy atom. The molecular weight excluding hydrogens is 397 g/mol. The van der Waals surface area contributed by atoms with Gasteiger partial charge in [0.15, 0.2) is 6.61 Å². The lowest BCUT2D eigenvalue weighted by atomic mass is 10.1. The van der Waals surface area contributed by atoms with E-state index in [1.54, 1.807) is 25.1 Å². The van der Waals surface area contributed by atoms with Crippen molar-refractivity contribution in [3.8, 4) is 5.75 Å². The van der Waals surface area contributed by atoms with E-state index in [0.29, 0.717) is 5.69 Å². The highest BCUT2D eigenvalue weighted by Crippen LogP contribution is 2.19. The summed E-state index contributed by atoms with van der Waals surface area (Å²) in [5.74, 6) is -1.35. The number of amides is 1. The fourth-order valence-corrected chi connectivity index (χ4v) is 2.11. The van der Waals surface area contributed by atoms with Crippen molar-refractivity contribution in [2.45, 2.75) is 6.92 Å². The third kappa shape index (κ3) is 4.45. The number of halogens is 1. The molecule has 2 rings (SSSR count). The van der Waals surface area contributed by atoms with Gasteiger partial charge in [0.05, 0.1) is 0 Å². The van der Waals surface area contributed by atoms with Crippen LogP contribution < -0.4 is 5.32 Å². The van der Waals surface area contributed by atoms with E-state index in [9.17, 15) is 14.7 Å². The fraction of sp³-hybridized carbons (Fsp3) is 0.125. The Morgan fingerprint density at radius 3 is 2.50 bits per heavy atom. The number of phenolic OH excluding ortho intramolecular Hbond substituents is 1. The van der Waals surface area contributed by atoms with E-state index in [4.69, 9.17) is 4.74 Å². The average Bonchev–Trinajstić information content (AvgIpc) is 2.47. The summed E-state index contributed by atoms with van der Waals surface area (Å²) >= 11 is 2.16. The first-order valence-corrected chi connectivity index (χ1v) is 7.56. The molecule has 2 aromatic rings. The van der Waals surface area contributed by atoms with Crippen LogP contribution in [0.1, 0.15) is 15.9 Å². The van der Waals surface area contributed by atoms with Crippen molar-refractivity contribution in [1.29, 1.82) is 0 Å². The molecule has 0 aromatic heterocycles. The van der Waals surface area contributed by atoms with E-state index in [1.807, 2.05) is 12.1 Å². The Morgan fingerprint density at radius 1 is 1.18 bits per heavy atom. The molecule has 6 heteroatoms. The van der Waals surface area contributed by atoms with Crippen LogP contribution in [0.4, 0.5) is 5.69 Å². The summed E-state index contributed by atoms with van der Waals surface area (Å²) < 4.78 is 5.95. The van der Waals surface area contributed by atoms with Gasteiger partial charge in [-0.1, -0.05) is 6.07 Å². The van der Waals surface area contributed by atoms with E-state index in [0.717, 1.165) is 9.13 Å². The van der Waals surface area contributed by atoms with Crippen LogP contribution in [-0.4, -0.2) is 23.6 Å². The van der Waals surface area contributed by atoms with Crippen LogP contribution >= 0.6 is 22.6 Å². The van der Waals surface area contributed by atoms with Gasteiger partial charge in [0.25, 0.3) is 5.91 Å². The highest BCUT2D eigenvalue weighted by atomic mass is 127. The number of phenols is 1. The molecule has 114 valence electrons. The van der Waals surface area contributed by atoms with Gasteiger partial charge in [-0.2, -0.15) is 0 Å². The van der Waals surface area contributed by atoms with Gasteiger partial charge in [0.2, 0.25) is 0 Å². The lowest BCUT2D eigenvalue weighted by molar-refractivity contribution is -0.119. The van der Waals surface area contributed by atoms with E-state index in [1.165, 1.54) is 12.1 Å². The van der Waals surface area contributed by atoms with Crippen LogP contribution in [0.25, 0.3) is 0 Å². The molecule has 1 amide bonds. The first kappa shape index (κ1) is 16.3. The van der Waals surface area contributed by atoms with Crippen LogP contribution in [0.5, 0.6) is 5.75 Å². The Balaban J connectivity index is 1.90. The molecule has 0 spiro atoms. The van der Waals surface area contributed by atoms with E-state index in [-0.39, 0.29) is 11.3 Å².